The number of hydrogen-bond acceptors (Lipinski definition) is 3. The molecule has 0 amide bonds. The molecule has 0 atom stereocenters. The van der Waals surface area contributed by atoms with E-state index in [0.29, 0.717) is 6.54 Å². The molecule has 0 unspecified atom stereocenters. The third-order valence-electron chi connectivity index (χ3n) is 2.36. The van der Waals surface area contributed by atoms with Gasteiger partial charge in [0.2, 0.25) is 0 Å². The van der Waals surface area contributed by atoms with Gasteiger partial charge in [-0.1, -0.05) is 22.0 Å². The van der Waals surface area contributed by atoms with Crippen LogP contribution in [0, 0.1) is 6.92 Å². The summed E-state index contributed by atoms with van der Waals surface area (Å²) >= 11 is 5.17. The molecule has 1 aromatic heterocycles. The fourth-order valence-corrected chi connectivity index (χ4v) is 2.56. The van der Waals surface area contributed by atoms with Gasteiger partial charge in [0, 0.05) is 21.8 Å². The highest BCUT2D eigenvalue weighted by atomic mass is 79.9. The monoisotopic (exact) mass is 296 g/mol. The average molecular weight is 297 g/mol. The van der Waals surface area contributed by atoms with Crippen molar-refractivity contribution in [2.75, 3.05) is 6.54 Å². The zero-order chi connectivity index (χ0) is 11.5. The molecule has 2 N–H and O–H groups in total. The van der Waals surface area contributed by atoms with E-state index >= 15 is 0 Å². The van der Waals surface area contributed by atoms with Gasteiger partial charge in [-0.05, 0) is 31.2 Å². The van der Waals surface area contributed by atoms with Crippen LogP contribution in [0.15, 0.2) is 28.1 Å². The summed E-state index contributed by atoms with van der Waals surface area (Å²) in [6.07, 6.45) is 0.861. The predicted molar refractivity (Wildman–Crippen MR) is 72.7 cm³/mol. The topological polar surface area (TPSA) is 38.9 Å². The first-order chi connectivity index (χ1) is 7.70. The van der Waals surface area contributed by atoms with Gasteiger partial charge in [-0.2, -0.15) is 0 Å². The maximum absolute atomic E-state index is 5.51. The van der Waals surface area contributed by atoms with Crippen LogP contribution in [0.25, 0.3) is 11.3 Å². The second-order valence-corrected chi connectivity index (χ2v) is 5.43. The lowest BCUT2D eigenvalue weighted by molar-refractivity contribution is 0.954. The van der Waals surface area contributed by atoms with E-state index in [4.69, 9.17) is 5.73 Å². The summed E-state index contributed by atoms with van der Waals surface area (Å²) in [6, 6.07) is 6.29. The smallest absolute Gasteiger partial charge is 0.0945 e. The first kappa shape index (κ1) is 11.8. The quantitative estimate of drug-likeness (QED) is 0.943. The van der Waals surface area contributed by atoms with Crippen LogP contribution in [0.2, 0.25) is 0 Å². The second kappa shape index (κ2) is 5.08. The standard InChI is InChI=1S/C12H13BrN2S/c1-8-6-9(2-3-10(8)13)11-7-16-12(15-11)4-5-14/h2-3,6-7H,4-5,14H2,1H3. The minimum Gasteiger partial charge on any atom is -0.330 e. The molecule has 0 fully saturated rings. The third kappa shape index (κ3) is 2.51. The van der Waals surface area contributed by atoms with E-state index in [1.165, 1.54) is 11.1 Å². The van der Waals surface area contributed by atoms with Crippen LogP contribution in [-0.4, -0.2) is 11.5 Å². The van der Waals surface area contributed by atoms with Gasteiger partial charge in [-0.15, -0.1) is 11.3 Å². The Balaban J connectivity index is 2.31. The molecule has 2 rings (SSSR count). The molecular weight excluding hydrogens is 284 g/mol. The summed E-state index contributed by atoms with van der Waals surface area (Å²) < 4.78 is 1.13. The van der Waals surface area contributed by atoms with E-state index < -0.39 is 0 Å². The van der Waals surface area contributed by atoms with Crippen LogP contribution in [0.5, 0.6) is 0 Å². The molecular formula is C12H13BrN2S. The van der Waals surface area contributed by atoms with E-state index in [9.17, 15) is 0 Å². The Labute approximate surface area is 108 Å². The summed E-state index contributed by atoms with van der Waals surface area (Å²) in [7, 11) is 0. The normalized spacial score (nSPS) is 10.7. The fourth-order valence-electron chi connectivity index (χ4n) is 1.49. The van der Waals surface area contributed by atoms with E-state index in [1.54, 1.807) is 11.3 Å². The molecule has 0 aliphatic heterocycles. The van der Waals surface area contributed by atoms with E-state index in [-0.39, 0.29) is 0 Å². The summed E-state index contributed by atoms with van der Waals surface area (Å²) in [5.41, 5.74) is 8.95. The van der Waals surface area contributed by atoms with Crippen molar-refractivity contribution < 1.29 is 0 Å². The zero-order valence-corrected chi connectivity index (χ0v) is 11.4. The first-order valence-corrected chi connectivity index (χ1v) is 6.79. The molecule has 0 saturated heterocycles. The van der Waals surface area contributed by atoms with Gasteiger partial charge in [0.15, 0.2) is 0 Å². The van der Waals surface area contributed by atoms with E-state index in [1.807, 2.05) is 0 Å². The molecule has 0 aliphatic carbocycles. The van der Waals surface area contributed by atoms with Crippen molar-refractivity contribution in [3.63, 3.8) is 0 Å². The summed E-state index contributed by atoms with van der Waals surface area (Å²) in [5.74, 6) is 0. The maximum atomic E-state index is 5.51. The van der Waals surface area contributed by atoms with Gasteiger partial charge in [0.1, 0.15) is 0 Å². The van der Waals surface area contributed by atoms with Crippen molar-refractivity contribution in [2.45, 2.75) is 13.3 Å². The minimum absolute atomic E-state index is 0.659. The molecule has 0 radical (unpaired) electrons. The molecule has 16 heavy (non-hydrogen) atoms. The molecule has 0 spiro atoms. The number of rotatable bonds is 3. The van der Waals surface area contributed by atoms with Gasteiger partial charge in [0.05, 0.1) is 10.7 Å². The Morgan fingerprint density at radius 1 is 1.44 bits per heavy atom. The Hall–Kier alpha value is -0.710. The van der Waals surface area contributed by atoms with E-state index in [0.717, 1.165) is 21.6 Å². The van der Waals surface area contributed by atoms with Crippen LogP contribution >= 0.6 is 27.3 Å². The molecule has 4 heteroatoms. The average Bonchev–Trinajstić information content (AvgIpc) is 2.71. The van der Waals surface area contributed by atoms with Crippen molar-refractivity contribution in [2.24, 2.45) is 5.73 Å². The van der Waals surface area contributed by atoms with Gasteiger partial charge in [-0.3, -0.25) is 0 Å². The van der Waals surface area contributed by atoms with E-state index in [2.05, 4.69) is 51.4 Å². The fraction of sp³-hybridized carbons (Fsp3) is 0.250. The van der Waals surface area contributed by atoms with Crippen molar-refractivity contribution in [3.05, 3.63) is 38.6 Å². The SMILES string of the molecule is Cc1cc(-c2csc(CCN)n2)ccc1Br. The lowest BCUT2D eigenvalue weighted by atomic mass is 10.1. The third-order valence-corrected chi connectivity index (χ3v) is 4.16. The number of hydrogen-bond donors (Lipinski definition) is 1. The number of nitrogens with two attached hydrogens (primary N) is 1. The Morgan fingerprint density at radius 2 is 2.25 bits per heavy atom. The minimum atomic E-state index is 0.659. The summed E-state index contributed by atoms with van der Waals surface area (Å²) in [5, 5.41) is 3.20. The Bertz CT molecular complexity index is 494. The number of nitrogens with zero attached hydrogens (tertiary/aromatic N) is 1. The van der Waals surface area contributed by atoms with Crippen molar-refractivity contribution in [3.8, 4) is 11.3 Å². The number of benzene rings is 1. The number of aryl methyl sites for hydroxylation is 1. The van der Waals surface area contributed by atoms with Crippen LogP contribution in [0.3, 0.4) is 0 Å². The van der Waals surface area contributed by atoms with Crippen molar-refractivity contribution in [1.82, 2.24) is 4.98 Å². The molecule has 1 aromatic carbocycles. The highest BCUT2D eigenvalue weighted by molar-refractivity contribution is 9.10. The Kier molecular flexibility index (Phi) is 3.74. The maximum Gasteiger partial charge on any atom is 0.0945 e. The van der Waals surface area contributed by atoms with Gasteiger partial charge < -0.3 is 5.73 Å². The predicted octanol–water partition coefficient (Wildman–Crippen LogP) is 3.38. The van der Waals surface area contributed by atoms with Crippen LogP contribution in [0.4, 0.5) is 0 Å². The second-order valence-electron chi connectivity index (χ2n) is 3.63. The number of thiazole rings is 1. The van der Waals surface area contributed by atoms with Gasteiger partial charge >= 0.3 is 0 Å². The molecule has 1 heterocycles. The molecule has 2 aromatic rings. The highest BCUT2D eigenvalue weighted by Crippen LogP contribution is 2.26. The lowest BCUT2D eigenvalue weighted by Gasteiger charge is -2.01. The number of aromatic nitrogens is 1. The zero-order valence-electron chi connectivity index (χ0n) is 9.03. The first-order valence-electron chi connectivity index (χ1n) is 5.11. The summed E-state index contributed by atoms with van der Waals surface area (Å²) in [6.45, 7) is 2.74. The van der Waals surface area contributed by atoms with Gasteiger partial charge in [0.25, 0.3) is 0 Å². The molecule has 0 bridgehead atoms. The lowest BCUT2D eigenvalue weighted by Crippen LogP contribution is -2.01. The number of halogens is 1. The molecule has 0 aliphatic rings. The molecule has 2 nitrogen and oxygen atoms in total. The van der Waals surface area contributed by atoms with Gasteiger partial charge in [-0.25, -0.2) is 4.98 Å². The molecule has 84 valence electrons. The van der Waals surface area contributed by atoms with Crippen molar-refractivity contribution >= 4 is 27.3 Å². The van der Waals surface area contributed by atoms with Crippen molar-refractivity contribution in [1.29, 1.82) is 0 Å². The highest BCUT2D eigenvalue weighted by Gasteiger charge is 2.05. The molecule has 0 saturated carbocycles. The van der Waals surface area contributed by atoms with Crippen LogP contribution in [-0.2, 0) is 6.42 Å². The largest absolute Gasteiger partial charge is 0.330 e. The van der Waals surface area contributed by atoms with Crippen LogP contribution < -0.4 is 5.73 Å². The van der Waals surface area contributed by atoms with Crippen LogP contribution in [0.1, 0.15) is 10.6 Å². The summed E-state index contributed by atoms with van der Waals surface area (Å²) in [4.78, 5) is 4.56. The Morgan fingerprint density at radius 3 is 2.94 bits per heavy atom.